The molecule has 6 aromatic rings. The molecule has 0 fully saturated rings. The highest BCUT2D eigenvalue weighted by atomic mass is 15.0. The van der Waals surface area contributed by atoms with E-state index in [-0.39, 0.29) is 0 Å². The van der Waals surface area contributed by atoms with Crippen molar-refractivity contribution in [3.63, 3.8) is 0 Å². The predicted molar refractivity (Wildman–Crippen MR) is 149 cm³/mol. The van der Waals surface area contributed by atoms with E-state index in [1.807, 2.05) is 0 Å². The number of nitrogens with zero attached hydrogens (tertiary/aromatic N) is 2. The van der Waals surface area contributed by atoms with E-state index in [9.17, 15) is 0 Å². The van der Waals surface area contributed by atoms with Crippen LogP contribution in [0.5, 0.6) is 0 Å². The normalized spacial score (nSPS) is 11.8. The Bertz CT molecular complexity index is 1510. The number of aromatic nitrogens is 2. The summed E-state index contributed by atoms with van der Waals surface area (Å²) in [5.74, 6) is 0. The summed E-state index contributed by atoms with van der Waals surface area (Å²) in [6.07, 6.45) is 0. The largest absolute Gasteiger partial charge is 0.338 e. The zero-order valence-electron chi connectivity index (χ0n) is 21.1. The third kappa shape index (κ3) is 3.68. The molecule has 2 heteroatoms. The minimum absolute atomic E-state index is 0.482. The molecule has 172 valence electrons. The Morgan fingerprint density at radius 3 is 1.18 bits per heavy atom. The second-order valence-corrected chi connectivity index (χ2v) is 10.0. The van der Waals surface area contributed by atoms with E-state index < -0.39 is 0 Å². The van der Waals surface area contributed by atoms with Gasteiger partial charge in [0.25, 0.3) is 0 Å². The average Bonchev–Trinajstić information content (AvgIpc) is 3.32. The Labute approximate surface area is 202 Å². The summed E-state index contributed by atoms with van der Waals surface area (Å²) in [5, 5.41) is 5.46. The van der Waals surface area contributed by atoms with Gasteiger partial charge in [0, 0.05) is 55.7 Å². The van der Waals surface area contributed by atoms with E-state index in [1.165, 1.54) is 54.7 Å². The summed E-state index contributed by atoms with van der Waals surface area (Å²) in [6, 6.07) is 31.7. The van der Waals surface area contributed by atoms with Crippen LogP contribution in [0.25, 0.3) is 43.6 Å². The molecule has 6 rings (SSSR count). The third-order valence-electron chi connectivity index (χ3n) is 6.76. The maximum absolute atomic E-state index is 2.43. The molecule has 0 saturated heterocycles. The monoisotopic (exact) mass is 446 g/mol. The Kier molecular flexibility index (Phi) is 5.69. The van der Waals surface area contributed by atoms with E-state index in [0.717, 1.165) is 0 Å². The van der Waals surface area contributed by atoms with Crippen LogP contribution in [0.1, 0.15) is 50.9 Å². The van der Waals surface area contributed by atoms with E-state index >= 15 is 0 Å². The van der Waals surface area contributed by atoms with E-state index in [1.54, 1.807) is 0 Å². The van der Waals surface area contributed by atoms with Crippen LogP contribution in [0.2, 0.25) is 0 Å². The average molecular weight is 447 g/mol. The van der Waals surface area contributed by atoms with Gasteiger partial charge in [-0.05, 0) is 77.9 Å². The molecule has 2 nitrogen and oxygen atoms in total. The fraction of sp³-hybridized carbons (Fsp3) is 0.250. The highest BCUT2D eigenvalue weighted by molar-refractivity contribution is 6.09. The molecule has 2 heterocycles. The number of para-hydroxylation sites is 2. The van der Waals surface area contributed by atoms with E-state index in [4.69, 9.17) is 0 Å². The zero-order chi connectivity index (χ0) is 24.0. The molecule has 0 unspecified atom stereocenters. The van der Waals surface area contributed by atoms with Crippen molar-refractivity contribution in [1.82, 2.24) is 9.13 Å². The van der Waals surface area contributed by atoms with Gasteiger partial charge in [0.2, 0.25) is 0 Å². The molecule has 0 aliphatic rings. The second-order valence-electron chi connectivity index (χ2n) is 10.0. The van der Waals surface area contributed by atoms with Gasteiger partial charge in [-0.1, -0.05) is 59.7 Å². The number of aryl methyl sites for hydroxylation is 2. The fourth-order valence-corrected chi connectivity index (χ4v) is 5.35. The minimum Gasteiger partial charge on any atom is -0.338 e. The number of rotatable bonds is 2. The van der Waals surface area contributed by atoms with Crippen molar-refractivity contribution in [3.8, 4) is 0 Å². The summed E-state index contributed by atoms with van der Waals surface area (Å²) in [4.78, 5) is 0. The lowest BCUT2D eigenvalue weighted by molar-refractivity contribution is 0.642. The van der Waals surface area contributed by atoms with Crippen LogP contribution in [0, 0.1) is 13.8 Å². The zero-order valence-corrected chi connectivity index (χ0v) is 21.1. The molecular weight excluding hydrogens is 412 g/mol. The number of hydrogen-bond donors (Lipinski definition) is 0. The second kappa shape index (κ2) is 8.68. The first-order valence-corrected chi connectivity index (χ1v) is 12.4. The van der Waals surface area contributed by atoms with E-state index in [0.29, 0.717) is 12.1 Å². The maximum Gasteiger partial charge on any atom is 0.0493 e. The van der Waals surface area contributed by atoms with Gasteiger partial charge in [-0.3, -0.25) is 0 Å². The lowest BCUT2D eigenvalue weighted by atomic mass is 10.1. The molecule has 0 radical (unpaired) electrons. The molecule has 4 aromatic carbocycles. The SMILES string of the molecule is CC(C)n1c2ccccc2c2ccccc21.Cc1ccc2c(c1)c1cc(C)ccc1n2C(C)C. The number of benzene rings is 4. The standard InChI is InChI=1S/C17H19N.C15H15N/c1-11(2)18-16-7-5-12(3)9-14(16)15-10-13(4)6-8-17(15)18;1-11(2)16-14-9-5-3-7-12(14)13-8-4-6-10-15(13)16/h5-11H,1-4H3;3-11H,1-2H3. The first-order chi connectivity index (χ1) is 16.4. The first-order valence-electron chi connectivity index (χ1n) is 12.4. The third-order valence-corrected chi connectivity index (χ3v) is 6.76. The van der Waals surface area contributed by atoms with Crippen LogP contribution in [-0.4, -0.2) is 9.13 Å². The smallest absolute Gasteiger partial charge is 0.0493 e. The molecule has 0 amide bonds. The molecule has 0 atom stereocenters. The molecule has 34 heavy (non-hydrogen) atoms. The molecule has 0 saturated carbocycles. The van der Waals surface area contributed by atoms with Crippen LogP contribution in [0.3, 0.4) is 0 Å². The van der Waals surface area contributed by atoms with Crippen molar-refractivity contribution < 1.29 is 0 Å². The van der Waals surface area contributed by atoms with Gasteiger partial charge < -0.3 is 9.13 Å². The van der Waals surface area contributed by atoms with Gasteiger partial charge >= 0.3 is 0 Å². The molecular formula is C32H34N2. The molecule has 0 bridgehead atoms. The molecule has 2 aromatic heterocycles. The molecule has 0 aliphatic carbocycles. The van der Waals surface area contributed by atoms with Crippen molar-refractivity contribution in [2.24, 2.45) is 0 Å². The Morgan fingerprint density at radius 2 is 0.794 bits per heavy atom. The Morgan fingerprint density at radius 1 is 0.441 bits per heavy atom. The topological polar surface area (TPSA) is 9.86 Å². The van der Waals surface area contributed by atoms with Gasteiger partial charge in [-0.15, -0.1) is 0 Å². The van der Waals surface area contributed by atoms with Crippen LogP contribution >= 0.6 is 0 Å². The molecule has 0 N–H and O–H groups in total. The van der Waals surface area contributed by atoms with E-state index in [2.05, 4.69) is 136 Å². The summed E-state index contributed by atoms with van der Waals surface area (Å²) >= 11 is 0. The van der Waals surface area contributed by atoms with Crippen LogP contribution in [-0.2, 0) is 0 Å². The highest BCUT2D eigenvalue weighted by Crippen LogP contribution is 2.33. The van der Waals surface area contributed by atoms with Crippen molar-refractivity contribution in [1.29, 1.82) is 0 Å². The van der Waals surface area contributed by atoms with Crippen molar-refractivity contribution in [2.45, 2.75) is 53.6 Å². The minimum atomic E-state index is 0.482. The van der Waals surface area contributed by atoms with Crippen molar-refractivity contribution >= 4 is 43.6 Å². The van der Waals surface area contributed by atoms with Crippen LogP contribution in [0.4, 0.5) is 0 Å². The van der Waals surface area contributed by atoms with Crippen LogP contribution in [0.15, 0.2) is 84.9 Å². The van der Waals surface area contributed by atoms with Crippen molar-refractivity contribution in [2.75, 3.05) is 0 Å². The Hall–Kier alpha value is -3.52. The molecule has 0 spiro atoms. The lowest BCUT2D eigenvalue weighted by Crippen LogP contribution is -1.99. The summed E-state index contributed by atoms with van der Waals surface area (Å²) in [6.45, 7) is 13.3. The van der Waals surface area contributed by atoms with Gasteiger partial charge in [-0.25, -0.2) is 0 Å². The maximum atomic E-state index is 2.43. The first kappa shape index (κ1) is 22.3. The molecule has 0 aliphatic heterocycles. The van der Waals surface area contributed by atoms with Gasteiger partial charge in [0.1, 0.15) is 0 Å². The predicted octanol–water partition coefficient (Wildman–Crippen LogP) is 9.37. The number of hydrogen-bond acceptors (Lipinski definition) is 0. The summed E-state index contributed by atoms with van der Waals surface area (Å²) in [7, 11) is 0. The van der Waals surface area contributed by atoms with Gasteiger partial charge in [-0.2, -0.15) is 0 Å². The van der Waals surface area contributed by atoms with Gasteiger partial charge in [0.15, 0.2) is 0 Å². The Balaban J connectivity index is 0.000000142. The summed E-state index contributed by atoms with van der Waals surface area (Å²) in [5.41, 5.74) is 8.00. The van der Waals surface area contributed by atoms with Gasteiger partial charge in [0.05, 0.1) is 0 Å². The fourth-order valence-electron chi connectivity index (χ4n) is 5.35. The van der Waals surface area contributed by atoms with Crippen molar-refractivity contribution in [3.05, 3.63) is 96.1 Å². The quantitative estimate of drug-likeness (QED) is 0.251. The highest BCUT2D eigenvalue weighted by Gasteiger charge is 2.13. The number of fused-ring (bicyclic) bond motifs is 6. The van der Waals surface area contributed by atoms with Crippen LogP contribution < -0.4 is 0 Å². The lowest BCUT2D eigenvalue weighted by Gasteiger charge is -2.11. The summed E-state index contributed by atoms with van der Waals surface area (Å²) < 4.78 is 4.84.